The molecule has 21 heavy (non-hydrogen) atoms. The molecule has 0 heterocycles. The van der Waals surface area contributed by atoms with Crippen molar-refractivity contribution in [2.75, 3.05) is 18.5 Å². The van der Waals surface area contributed by atoms with Crippen LogP contribution in [-0.4, -0.2) is 25.3 Å². The van der Waals surface area contributed by atoms with Gasteiger partial charge in [0.15, 0.2) is 0 Å². The van der Waals surface area contributed by atoms with Crippen LogP contribution in [0.3, 0.4) is 0 Å². The van der Waals surface area contributed by atoms with Crippen molar-refractivity contribution in [1.29, 1.82) is 5.26 Å². The van der Waals surface area contributed by atoms with Crippen molar-refractivity contribution in [3.05, 3.63) is 29.8 Å². The van der Waals surface area contributed by atoms with Crippen molar-refractivity contribution in [2.24, 2.45) is 0 Å². The van der Waals surface area contributed by atoms with Gasteiger partial charge in [0.25, 0.3) is 0 Å². The van der Waals surface area contributed by atoms with Crippen LogP contribution in [0.4, 0.5) is 18.9 Å². The molecule has 114 valence electrons. The van der Waals surface area contributed by atoms with Crippen LogP contribution in [0.25, 0.3) is 0 Å². The minimum Gasteiger partial charge on any atom is -0.381 e. The number of carbonyl (C=O) groups excluding carboxylic acids is 1. The Balaban J connectivity index is 2.18. The third kappa shape index (κ3) is 7.95. The van der Waals surface area contributed by atoms with E-state index in [0.717, 1.165) is 0 Å². The standard InChI is InChI=1S/C14H15F3N2O2/c15-14(16,17)6-8-21-7-2-5-13(20)19-12-4-1-3-11(9-12)10-18/h1,3-4,9H,2,5-8H2,(H,19,20). The zero-order valence-corrected chi connectivity index (χ0v) is 11.2. The van der Waals surface area contributed by atoms with Crippen LogP contribution < -0.4 is 5.32 Å². The van der Waals surface area contributed by atoms with Crippen LogP contribution in [0.5, 0.6) is 0 Å². The number of carbonyl (C=O) groups is 1. The van der Waals surface area contributed by atoms with E-state index in [2.05, 4.69) is 5.32 Å². The highest BCUT2D eigenvalue weighted by atomic mass is 19.4. The molecule has 1 aromatic carbocycles. The van der Waals surface area contributed by atoms with Crippen LogP contribution in [0.15, 0.2) is 24.3 Å². The number of nitrogens with zero attached hydrogens (tertiary/aromatic N) is 1. The Bertz CT molecular complexity index is 510. The van der Waals surface area contributed by atoms with E-state index in [9.17, 15) is 18.0 Å². The molecule has 0 bridgehead atoms. The van der Waals surface area contributed by atoms with E-state index >= 15 is 0 Å². The Labute approximate surface area is 120 Å². The molecule has 0 aliphatic heterocycles. The summed E-state index contributed by atoms with van der Waals surface area (Å²) in [5.74, 6) is -0.274. The lowest BCUT2D eigenvalue weighted by atomic mass is 10.2. The summed E-state index contributed by atoms with van der Waals surface area (Å²) in [5, 5.41) is 11.3. The van der Waals surface area contributed by atoms with E-state index in [1.807, 2.05) is 6.07 Å². The average Bonchev–Trinajstić information content (AvgIpc) is 2.41. The molecule has 1 rings (SSSR count). The monoisotopic (exact) mass is 300 g/mol. The lowest BCUT2D eigenvalue weighted by Gasteiger charge is -2.08. The summed E-state index contributed by atoms with van der Waals surface area (Å²) >= 11 is 0. The number of benzene rings is 1. The van der Waals surface area contributed by atoms with Gasteiger partial charge in [0.05, 0.1) is 24.7 Å². The summed E-state index contributed by atoms with van der Waals surface area (Å²) in [4.78, 5) is 11.6. The fourth-order valence-electron chi connectivity index (χ4n) is 1.51. The summed E-state index contributed by atoms with van der Waals surface area (Å²) in [5.41, 5.74) is 0.945. The molecule has 1 amide bonds. The first-order valence-corrected chi connectivity index (χ1v) is 6.35. The Hall–Kier alpha value is -2.07. The predicted molar refractivity (Wildman–Crippen MR) is 70.5 cm³/mol. The number of alkyl halides is 3. The third-order valence-corrected chi connectivity index (χ3v) is 2.50. The molecule has 0 aliphatic carbocycles. The number of nitrogens with one attached hydrogen (secondary N) is 1. The van der Waals surface area contributed by atoms with Gasteiger partial charge in [0, 0.05) is 18.7 Å². The quantitative estimate of drug-likeness (QED) is 0.786. The maximum atomic E-state index is 11.8. The predicted octanol–water partition coefficient (Wildman–Crippen LogP) is 3.25. The molecule has 1 N–H and O–H groups in total. The fourth-order valence-corrected chi connectivity index (χ4v) is 1.51. The van der Waals surface area contributed by atoms with Crippen molar-refractivity contribution in [1.82, 2.24) is 0 Å². The van der Waals surface area contributed by atoms with Gasteiger partial charge in [-0.3, -0.25) is 4.79 Å². The van der Waals surface area contributed by atoms with E-state index in [0.29, 0.717) is 17.7 Å². The highest BCUT2D eigenvalue weighted by Gasteiger charge is 2.26. The van der Waals surface area contributed by atoms with Gasteiger partial charge in [0.1, 0.15) is 0 Å². The summed E-state index contributed by atoms with van der Waals surface area (Å²) in [6.07, 6.45) is -4.73. The number of anilines is 1. The summed E-state index contributed by atoms with van der Waals surface area (Å²) < 4.78 is 40.3. The van der Waals surface area contributed by atoms with E-state index in [1.54, 1.807) is 18.2 Å². The topological polar surface area (TPSA) is 62.1 Å². The maximum absolute atomic E-state index is 11.8. The minimum absolute atomic E-state index is 0.0989. The Morgan fingerprint density at radius 2 is 2.10 bits per heavy atom. The molecule has 0 spiro atoms. The number of halogens is 3. The zero-order valence-electron chi connectivity index (χ0n) is 11.2. The van der Waals surface area contributed by atoms with Gasteiger partial charge in [-0.1, -0.05) is 6.07 Å². The molecular formula is C14H15F3N2O2. The van der Waals surface area contributed by atoms with Gasteiger partial charge in [-0.05, 0) is 24.6 Å². The van der Waals surface area contributed by atoms with Gasteiger partial charge in [-0.2, -0.15) is 18.4 Å². The molecule has 0 saturated carbocycles. The molecular weight excluding hydrogens is 285 g/mol. The second kappa shape index (κ2) is 8.27. The number of amides is 1. The first kappa shape index (κ1) is 17.0. The Morgan fingerprint density at radius 3 is 2.76 bits per heavy atom. The van der Waals surface area contributed by atoms with E-state index in [1.165, 1.54) is 6.07 Å². The van der Waals surface area contributed by atoms with E-state index in [-0.39, 0.29) is 18.9 Å². The van der Waals surface area contributed by atoms with E-state index < -0.39 is 19.2 Å². The molecule has 0 aromatic heterocycles. The third-order valence-electron chi connectivity index (χ3n) is 2.50. The average molecular weight is 300 g/mol. The van der Waals surface area contributed by atoms with Gasteiger partial charge in [-0.25, -0.2) is 0 Å². The van der Waals surface area contributed by atoms with Crippen molar-refractivity contribution >= 4 is 11.6 Å². The number of hydrogen-bond donors (Lipinski definition) is 1. The molecule has 4 nitrogen and oxygen atoms in total. The van der Waals surface area contributed by atoms with Gasteiger partial charge in [0.2, 0.25) is 5.91 Å². The highest BCUT2D eigenvalue weighted by Crippen LogP contribution is 2.19. The van der Waals surface area contributed by atoms with Gasteiger partial charge >= 0.3 is 6.18 Å². The molecule has 0 saturated heterocycles. The van der Waals surface area contributed by atoms with Gasteiger partial charge in [-0.15, -0.1) is 0 Å². The normalized spacial score (nSPS) is 11.0. The molecule has 1 aromatic rings. The summed E-state index contributed by atoms with van der Waals surface area (Å²) in [7, 11) is 0. The van der Waals surface area contributed by atoms with Crippen molar-refractivity contribution in [3.63, 3.8) is 0 Å². The second-order valence-electron chi connectivity index (χ2n) is 4.32. The Kier molecular flexibility index (Phi) is 6.69. The highest BCUT2D eigenvalue weighted by molar-refractivity contribution is 5.90. The summed E-state index contributed by atoms with van der Waals surface area (Å²) in [6.45, 7) is -0.295. The smallest absolute Gasteiger partial charge is 0.381 e. The number of rotatable bonds is 7. The molecule has 7 heteroatoms. The van der Waals surface area contributed by atoms with Crippen molar-refractivity contribution in [2.45, 2.75) is 25.4 Å². The fraction of sp³-hybridized carbons (Fsp3) is 0.429. The summed E-state index contributed by atoms with van der Waals surface area (Å²) in [6, 6.07) is 8.41. The number of ether oxygens (including phenoxy) is 1. The number of hydrogen-bond acceptors (Lipinski definition) is 3. The Morgan fingerprint density at radius 1 is 1.33 bits per heavy atom. The van der Waals surface area contributed by atoms with Crippen LogP contribution in [0.2, 0.25) is 0 Å². The van der Waals surface area contributed by atoms with E-state index in [4.69, 9.17) is 10.00 Å². The SMILES string of the molecule is N#Cc1cccc(NC(=O)CCCOCCC(F)(F)F)c1. The molecule has 0 unspecified atom stereocenters. The molecule has 0 fully saturated rings. The lowest BCUT2D eigenvalue weighted by Crippen LogP contribution is -2.14. The molecule has 0 aliphatic rings. The first-order chi connectivity index (χ1) is 9.90. The van der Waals surface area contributed by atoms with Gasteiger partial charge < -0.3 is 10.1 Å². The molecule has 0 radical (unpaired) electrons. The van der Waals surface area contributed by atoms with Crippen molar-refractivity contribution < 1.29 is 22.7 Å². The second-order valence-corrected chi connectivity index (χ2v) is 4.32. The minimum atomic E-state index is -4.22. The van der Waals surface area contributed by atoms with Crippen molar-refractivity contribution in [3.8, 4) is 6.07 Å². The first-order valence-electron chi connectivity index (χ1n) is 6.35. The van der Waals surface area contributed by atoms with Crippen LogP contribution >= 0.6 is 0 Å². The molecule has 0 atom stereocenters. The zero-order chi connectivity index (χ0) is 15.7. The van der Waals surface area contributed by atoms with Crippen LogP contribution in [0.1, 0.15) is 24.8 Å². The maximum Gasteiger partial charge on any atom is 0.391 e. The van der Waals surface area contributed by atoms with Crippen LogP contribution in [-0.2, 0) is 9.53 Å². The van der Waals surface area contributed by atoms with Crippen LogP contribution in [0, 0.1) is 11.3 Å². The largest absolute Gasteiger partial charge is 0.391 e. The lowest BCUT2D eigenvalue weighted by molar-refractivity contribution is -0.145. The number of nitriles is 1.